The van der Waals surface area contributed by atoms with Crippen LogP contribution in [0.5, 0.6) is 5.75 Å². The van der Waals surface area contributed by atoms with Crippen LogP contribution in [0.25, 0.3) is 0 Å². The first-order valence-corrected chi connectivity index (χ1v) is 4.81. The predicted octanol–water partition coefficient (Wildman–Crippen LogP) is 0.280. The molecule has 2 rings (SSSR count). The molecule has 0 saturated carbocycles. The molecular weight excluding hydrogens is 207 g/mol. The minimum absolute atomic E-state index is 0.424. The van der Waals surface area contributed by atoms with Crippen molar-refractivity contribution in [2.75, 3.05) is 0 Å². The van der Waals surface area contributed by atoms with Crippen LogP contribution in [-0.2, 0) is 6.54 Å². The van der Waals surface area contributed by atoms with Crippen LogP contribution in [0.1, 0.15) is 5.56 Å². The van der Waals surface area contributed by atoms with Gasteiger partial charge in [-0.2, -0.15) is 0 Å². The van der Waals surface area contributed by atoms with Crippen LogP contribution in [0, 0.1) is 0 Å². The summed E-state index contributed by atoms with van der Waals surface area (Å²) in [6.07, 6.45) is 5.28. The third-order valence-corrected chi connectivity index (χ3v) is 2.06. The maximum absolute atomic E-state index is 8.67. The van der Waals surface area contributed by atoms with Crippen molar-refractivity contribution >= 4 is 7.32 Å². The Bertz CT molecular complexity index is 445. The summed E-state index contributed by atoms with van der Waals surface area (Å²) in [6.45, 7) is 0.665. The van der Waals surface area contributed by atoms with Crippen LogP contribution in [0.3, 0.4) is 0 Å². The highest BCUT2D eigenvalue weighted by Crippen LogP contribution is 2.14. The van der Waals surface area contributed by atoms with Gasteiger partial charge in [0.1, 0.15) is 5.75 Å². The molecule has 2 N–H and O–H groups in total. The Morgan fingerprint density at radius 2 is 2.25 bits per heavy atom. The van der Waals surface area contributed by atoms with Gasteiger partial charge in [0.2, 0.25) is 0 Å². The molecule has 82 valence electrons. The largest absolute Gasteiger partial charge is 0.707 e. The van der Waals surface area contributed by atoms with Crippen molar-refractivity contribution in [3.05, 3.63) is 48.5 Å². The number of imidazole rings is 1. The van der Waals surface area contributed by atoms with Gasteiger partial charge in [0.15, 0.2) is 0 Å². The summed E-state index contributed by atoms with van der Waals surface area (Å²) in [5.74, 6) is 0.424. The van der Waals surface area contributed by atoms with Gasteiger partial charge in [-0.1, -0.05) is 12.1 Å². The standard InChI is InChI=1S/C10H11BN2O3/c14-11(15)16-10-3-1-2-9(6-10)7-13-5-4-12-8-13/h1-6,8,14-15H,7H2. The second kappa shape index (κ2) is 4.83. The fourth-order valence-corrected chi connectivity index (χ4v) is 1.43. The van der Waals surface area contributed by atoms with Crippen LogP contribution in [0.4, 0.5) is 0 Å². The van der Waals surface area contributed by atoms with Gasteiger partial charge in [0, 0.05) is 18.9 Å². The lowest BCUT2D eigenvalue weighted by atomic mass is 10.2. The minimum atomic E-state index is -1.79. The Hall–Kier alpha value is -1.79. The summed E-state index contributed by atoms with van der Waals surface area (Å²) < 4.78 is 6.67. The topological polar surface area (TPSA) is 67.5 Å². The maximum Gasteiger partial charge on any atom is 0.707 e. The highest BCUT2D eigenvalue weighted by atomic mass is 16.6. The first kappa shape index (κ1) is 10.7. The summed E-state index contributed by atoms with van der Waals surface area (Å²) in [7, 11) is -1.79. The molecule has 2 aromatic rings. The highest BCUT2D eigenvalue weighted by molar-refractivity contribution is 6.33. The lowest BCUT2D eigenvalue weighted by Crippen LogP contribution is -2.20. The summed E-state index contributed by atoms with van der Waals surface area (Å²) in [5, 5.41) is 17.3. The molecule has 0 unspecified atom stereocenters. The molecule has 16 heavy (non-hydrogen) atoms. The zero-order valence-corrected chi connectivity index (χ0v) is 8.52. The molecule has 0 aliphatic rings. The molecule has 0 atom stereocenters. The minimum Gasteiger partial charge on any atom is -0.512 e. The van der Waals surface area contributed by atoms with E-state index in [-0.39, 0.29) is 0 Å². The van der Waals surface area contributed by atoms with Gasteiger partial charge in [-0.15, -0.1) is 0 Å². The van der Waals surface area contributed by atoms with Crippen LogP contribution in [0.2, 0.25) is 0 Å². The second-order valence-corrected chi connectivity index (χ2v) is 3.33. The van der Waals surface area contributed by atoms with Gasteiger partial charge in [-0.3, -0.25) is 0 Å². The molecule has 1 heterocycles. The van der Waals surface area contributed by atoms with Crippen LogP contribution < -0.4 is 4.65 Å². The first-order chi connectivity index (χ1) is 7.74. The Labute approximate surface area is 93.1 Å². The van der Waals surface area contributed by atoms with E-state index in [2.05, 4.69) is 4.98 Å². The average molecular weight is 218 g/mol. The van der Waals surface area contributed by atoms with Crippen molar-refractivity contribution in [3.8, 4) is 5.75 Å². The molecule has 1 aromatic carbocycles. The number of benzene rings is 1. The molecule has 0 aliphatic heterocycles. The van der Waals surface area contributed by atoms with E-state index in [9.17, 15) is 0 Å². The number of hydrogen-bond donors (Lipinski definition) is 2. The van der Waals surface area contributed by atoms with Gasteiger partial charge in [-0.25, -0.2) is 4.98 Å². The average Bonchev–Trinajstić information content (AvgIpc) is 2.70. The smallest absolute Gasteiger partial charge is 0.512 e. The normalized spacial score (nSPS) is 10.1. The lowest BCUT2D eigenvalue weighted by Gasteiger charge is -2.07. The van der Waals surface area contributed by atoms with Gasteiger partial charge >= 0.3 is 7.32 Å². The Morgan fingerprint density at radius 1 is 1.38 bits per heavy atom. The zero-order valence-electron chi connectivity index (χ0n) is 8.52. The van der Waals surface area contributed by atoms with Crippen molar-refractivity contribution in [2.45, 2.75) is 6.54 Å². The maximum atomic E-state index is 8.67. The summed E-state index contributed by atoms with van der Waals surface area (Å²) >= 11 is 0. The van der Waals surface area contributed by atoms with Crippen LogP contribution >= 0.6 is 0 Å². The summed E-state index contributed by atoms with van der Waals surface area (Å²) in [5.41, 5.74) is 0.996. The van der Waals surface area contributed by atoms with Crippen LogP contribution in [-0.4, -0.2) is 26.9 Å². The van der Waals surface area contributed by atoms with E-state index < -0.39 is 7.32 Å². The Balaban J connectivity index is 2.10. The van der Waals surface area contributed by atoms with E-state index >= 15 is 0 Å². The molecule has 0 spiro atoms. The molecule has 1 aromatic heterocycles. The first-order valence-electron chi connectivity index (χ1n) is 4.81. The monoisotopic (exact) mass is 218 g/mol. The van der Waals surface area contributed by atoms with Gasteiger partial charge in [0.05, 0.1) is 6.33 Å². The van der Waals surface area contributed by atoms with Gasteiger partial charge in [0.25, 0.3) is 0 Å². The van der Waals surface area contributed by atoms with Crippen molar-refractivity contribution in [1.82, 2.24) is 9.55 Å². The fraction of sp³-hybridized carbons (Fsp3) is 0.100. The van der Waals surface area contributed by atoms with E-state index in [1.165, 1.54) is 0 Å². The number of rotatable bonds is 4. The van der Waals surface area contributed by atoms with E-state index in [0.29, 0.717) is 12.3 Å². The molecule has 0 bridgehead atoms. The highest BCUT2D eigenvalue weighted by Gasteiger charge is 2.10. The molecule has 5 nitrogen and oxygen atoms in total. The molecule has 0 amide bonds. The molecule has 0 saturated heterocycles. The molecule has 0 fully saturated rings. The van der Waals surface area contributed by atoms with Crippen LogP contribution in [0.15, 0.2) is 43.0 Å². The third-order valence-electron chi connectivity index (χ3n) is 2.06. The predicted molar refractivity (Wildman–Crippen MR) is 58.6 cm³/mol. The van der Waals surface area contributed by atoms with Gasteiger partial charge in [-0.05, 0) is 17.7 Å². The van der Waals surface area contributed by atoms with Gasteiger partial charge < -0.3 is 19.3 Å². The number of hydrogen-bond acceptors (Lipinski definition) is 4. The summed E-state index contributed by atoms with van der Waals surface area (Å²) in [6, 6.07) is 7.14. The summed E-state index contributed by atoms with van der Waals surface area (Å²) in [4.78, 5) is 3.94. The molecule has 0 radical (unpaired) electrons. The Morgan fingerprint density at radius 3 is 2.94 bits per heavy atom. The number of aromatic nitrogens is 2. The van der Waals surface area contributed by atoms with E-state index in [1.54, 1.807) is 30.7 Å². The number of nitrogens with zero attached hydrogens (tertiary/aromatic N) is 2. The van der Waals surface area contributed by atoms with Crippen molar-refractivity contribution in [1.29, 1.82) is 0 Å². The second-order valence-electron chi connectivity index (χ2n) is 3.33. The van der Waals surface area contributed by atoms with E-state index in [0.717, 1.165) is 5.56 Å². The SMILES string of the molecule is OB(O)Oc1cccc(Cn2ccnc2)c1. The lowest BCUT2D eigenvalue weighted by molar-refractivity contribution is 0.288. The van der Waals surface area contributed by atoms with Crippen molar-refractivity contribution in [3.63, 3.8) is 0 Å². The third kappa shape index (κ3) is 2.85. The fourth-order valence-electron chi connectivity index (χ4n) is 1.43. The van der Waals surface area contributed by atoms with E-state index in [4.69, 9.17) is 14.7 Å². The van der Waals surface area contributed by atoms with Crippen molar-refractivity contribution in [2.24, 2.45) is 0 Å². The molecule has 6 heteroatoms. The quantitative estimate of drug-likeness (QED) is 0.723. The molecule has 0 aliphatic carbocycles. The molecular formula is C10H11BN2O3. The van der Waals surface area contributed by atoms with Crippen molar-refractivity contribution < 1.29 is 14.7 Å². The Kier molecular flexibility index (Phi) is 3.23. The zero-order chi connectivity index (χ0) is 11.4. The van der Waals surface area contributed by atoms with E-state index in [1.807, 2.05) is 16.8 Å².